The number of nitro groups is 1. The molecule has 0 saturated heterocycles. The fraction of sp³-hybridized carbons (Fsp3) is 0.111. The number of benzene rings is 1. The van der Waals surface area contributed by atoms with E-state index in [2.05, 4.69) is 6.58 Å². The Morgan fingerprint density at radius 3 is 2.71 bits per heavy atom. The molecule has 0 aliphatic heterocycles. The first-order chi connectivity index (χ1) is 6.56. The van der Waals surface area contributed by atoms with Crippen LogP contribution >= 0.6 is 0 Å². The van der Waals surface area contributed by atoms with Crippen LogP contribution in [0.2, 0.25) is 0 Å². The van der Waals surface area contributed by atoms with Crippen LogP contribution in [0.4, 0.5) is 11.4 Å². The zero-order valence-corrected chi connectivity index (χ0v) is 7.51. The summed E-state index contributed by atoms with van der Waals surface area (Å²) >= 11 is 0. The lowest BCUT2D eigenvalue weighted by molar-refractivity contribution is -0.385. The number of anilines is 1. The Balaban J connectivity index is 3.29. The maximum Gasteiger partial charge on any atom is 0.274 e. The lowest BCUT2D eigenvalue weighted by Gasteiger charge is -2.07. The number of rotatable bonds is 3. The van der Waals surface area contributed by atoms with Crippen molar-refractivity contribution in [3.8, 4) is 0 Å². The number of hydrogen-bond donors (Lipinski definition) is 2. The molecule has 0 aliphatic rings. The van der Waals surface area contributed by atoms with Crippen molar-refractivity contribution in [2.75, 3.05) is 5.73 Å². The standard InChI is InChI=1S/C9H11N3O2/c1-2-8(11)7-5-6(10)3-4-9(7)12(13)14/h2-5,8H,1,10-11H2/t8-/m0/s1. The summed E-state index contributed by atoms with van der Waals surface area (Å²) in [6.45, 7) is 3.48. The first-order valence-corrected chi connectivity index (χ1v) is 3.98. The van der Waals surface area contributed by atoms with E-state index in [1.807, 2.05) is 0 Å². The third-order valence-electron chi connectivity index (χ3n) is 1.86. The number of hydrogen-bond acceptors (Lipinski definition) is 4. The summed E-state index contributed by atoms with van der Waals surface area (Å²) in [5, 5.41) is 10.6. The first-order valence-electron chi connectivity index (χ1n) is 3.98. The first kappa shape index (κ1) is 10.2. The monoisotopic (exact) mass is 193 g/mol. The highest BCUT2D eigenvalue weighted by atomic mass is 16.6. The fourth-order valence-corrected chi connectivity index (χ4v) is 1.13. The molecule has 5 heteroatoms. The molecule has 0 bridgehead atoms. The van der Waals surface area contributed by atoms with E-state index in [0.717, 1.165) is 0 Å². The van der Waals surface area contributed by atoms with Gasteiger partial charge in [0.1, 0.15) is 0 Å². The summed E-state index contributed by atoms with van der Waals surface area (Å²) in [4.78, 5) is 10.1. The van der Waals surface area contributed by atoms with Gasteiger partial charge in [0.2, 0.25) is 0 Å². The zero-order chi connectivity index (χ0) is 10.7. The van der Waals surface area contributed by atoms with Crippen molar-refractivity contribution < 1.29 is 4.92 Å². The van der Waals surface area contributed by atoms with Gasteiger partial charge in [-0.15, -0.1) is 6.58 Å². The molecule has 0 amide bonds. The molecular formula is C9H11N3O2. The molecule has 0 aliphatic carbocycles. The Bertz CT molecular complexity index is 376. The van der Waals surface area contributed by atoms with Gasteiger partial charge in [0.05, 0.1) is 16.5 Å². The van der Waals surface area contributed by atoms with Crippen LogP contribution in [-0.2, 0) is 0 Å². The molecule has 0 radical (unpaired) electrons. The predicted molar refractivity (Wildman–Crippen MR) is 54.6 cm³/mol. The van der Waals surface area contributed by atoms with Crippen molar-refractivity contribution >= 4 is 11.4 Å². The highest BCUT2D eigenvalue weighted by Gasteiger charge is 2.17. The van der Waals surface area contributed by atoms with Crippen LogP contribution in [0, 0.1) is 10.1 Å². The summed E-state index contributed by atoms with van der Waals surface area (Å²) in [6, 6.07) is 3.73. The average molecular weight is 193 g/mol. The molecule has 4 N–H and O–H groups in total. The highest BCUT2D eigenvalue weighted by Crippen LogP contribution is 2.26. The van der Waals surface area contributed by atoms with Crippen molar-refractivity contribution in [3.05, 3.63) is 46.5 Å². The van der Waals surface area contributed by atoms with Crippen LogP contribution in [-0.4, -0.2) is 4.92 Å². The van der Waals surface area contributed by atoms with Crippen LogP contribution in [0.25, 0.3) is 0 Å². The van der Waals surface area contributed by atoms with Gasteiger partial charge in [-0.1, -0.05) is 6.08 Å². The summed E-state index contributed by atoms with van der Waals surface area (Å²) < 4.78 is 0. The highest BCUT2D eigenvalue weighted by molar-refractivity contribution is 5.53. The third kappa shape index (κ3) is 1.89. The predicted octanol–water partition coefficient (Wildman–Crippen LogP) is 1.36. The Labute approximate surface area is 81.2 Å². The summed E-state index contributed by atoms with van der Waals surface area (Å²) in [5.74, 6) is 0. The Morgan fingerprint density at radius 1 is 1.57 bits per heavy atom. The van der Waals surface area contributed by atoms with Crippen LogP contribution in [0.5, 0.6) is 0 Å². The molecule has 0 aromatic heterocycles. The molecule has 74 valence electrons. The van der Waals surface area contributed by atoms with E-state index in [1.54, 1.807) is 0 Å². The molecule has 0 fully saturated rings. The number of nitrogens with zero attached hydrogens (tertiary/aromatic N) is 1. The zero-order valence-electron chi connectivity index (χ0n) is 7.51. The van der Waals surface area contributed by atoms with Crippen LogP contribution in [0.3, 0.4) is 0 Å². The van der Waals surface area contributed by atoms with Gasteiger partial charge in [0.15, 0.2) is 0 Å². The van der Waals surface area contributed by atoms with E-state index in [0.29, 0.717) is 11.3 Å². The number of nitrogen functional groups attached to an aromatic ring is 1. The molecule has 0 heterocycles. The van der Waals surface area contributed by atoms with E-state index < -0.39 is 11.0 Å². The van der Waals surface area contributed by atoms with Gasteiger partial charge in [0, 0.05) is 11.8 Å². The molecule has 1 atom stereocenters. The number of nitro benzene ring substituents is 1. The molecule has 0 unspecified atom stereocenters. The van der Waals surface area contributed by atoms with Crippen molar-refractivity contribution in [2.45, 2.75) is 6.04 Å². The van der Waals surface area contributed by atoms with Gasteiger partial charge in [-0.05, 0) is 12.1 Å². The third-order valence-corrected chi connectivity index (χ3v) is 1.86. The molecule has 0 spiro atoms. The van der Waals surface area contributed by atoms with E-state index in [9.17, 15) is 10.1 Å². The van der Waals surface area contributed by atoms with Gasteiger partial charge >= 0.3 is 0 Å². The van der Waals surface area contributed by atoms with Crippen molar-refractivity contribution in [3.63, 3.8) is 0 Å². The minimum Gasteiger partial charge on any atom is -0.399 e. The molecule has 1 aromatic carbocycles. The minimum atomic E-state index is -0.570. The van der Waals surface area contributed by atoms with Gasteiger partial charge in [0.25, 0.3) is 5.69 Å². The molecular weight excluding hydrogens is 182 g/mol. The second kappa shape index (κ2) is 3.89. The van der Waals surface area contributed by atoms with Crippen molar-refractivity contribution in [2.24, 2.45) is 5.73 Å². The quantitative estimate of drug-likeness (QED) is 0.328. The largest absolute Gasteiger partial charge is 0.399 e. The number of nitrogens with two attached hydrogens (primary N) is 2. The molecule has 14 heavy (non-hydrogen) atoms. The lowest BCUT2D eigenvalue weighted by atomic mass is 10.0. The second-order valence-electron chi connectivity index (χ2n) is 2.84. The van der Waals surface area contributed by atoms with Gasteiger partial charge < -0.3 is 11.5 Å². The smallest absolute Gasteiger partial charge is 0.274 e. The molecule has 5 nitrogen and oxygen atoms in total. The van der Waals surface area contributed by atoms with Gasteiger partial charge in [-0.3, -0.25) is 10.1 Å². The lowest BCUT2D eigenvalue weighted by Crippen LogP contribution is -2.09. The van der Waals surface area contributed by atoms with Crippen molar-refractivity contribution in [1.29, 1.82) is 0 Å². The molecule has 1 aromatic rings. The molecule has 0 saturated carbocycles. The maximum atomic E-state index is 10.6. The van der Waals surface area contributed by atoms with Crippen LogP contribution in [0.1, 0.15) is 11.6 Å². The minimum absolute atomic E-state index is 0.0356. The fourth-order valence-electron chi connectivity index (χ4n) is 1.13. The van der Waals surface area contributed by atoms with E-state index in [1.165, 1.54) is 24.3 Å². The van der Waals surface area contributed by atoms with E-state index in [-0.39, 0.29) is 5.69 Å². The SMILES string of the molecule is C=C[C@H](N)c1cc(N)ccc1[N+](=O)[O-]. The van der Waals surface area contributed by atoms with Gasteiger partial charge in [-0.2, -0.15) is 0 Å². The van der Waals surface area contributed by atoms with Crippen molar-refractivity contribution in [1.82, 2.24) is 0 Å². The summed E-state index contributed by atoms with van der Waals surface area (Å²) in [6.07, 6.45) is 1.43. The summed E-state index contributed by atoms with van der Waals surface area (Å²) in [7, 11) is 0. The molecule has 1 rings (SSSR count). The van der Waals surface area contributed by atoms with Gasteiger partial charge in [-0.25, -0.2) is 0 Å². The van der Waals surface area contributed by atoms with E-state index in [4.69, 9.17) is 11.5 Å². The van der Waals surface area contributed by atoms with Crippen LogP contribution < -0.4 is 11.5 Å². The maximum absolute atomic E-state index is 10.6. The normalized spacial score (nSPS) is 12.1. The topological polar surface area (TPSA) is 95.2 Å². The Hall–Kier alpha value is -1.88. The Kier molecular flexibility index (Phi) is 2.83. The Morgan fingerprint density at radius 2 is 2.21 bits per heavy atom. The summed E-state index contributed by atoms with van der Waals surface area (Å²) in [5.41, 5.74) is 11.9. The van der Waals surface area contributed by atoms with Crippen LogP contribution in [0.15, 0.2) is 30.9 Å². The average Bonchev–Trinajstić information content (AvgIpc) is 2.16. The second-order valence-corrected chi connectivity index (χ2v) is 2.84. The van der Waals surface area contributed by atoms with E-state index >= 15 is 0 Å².